The van der Waals surface area contributed by atoms with Gasteiger partial charge in [-0.3, -0.25) is 9.59 Å². The Bertz CT molecular complexity index is 935. The molecular formula is C23H28N2O5. The van der Waals surface area contributed by atoms with Crippen molar-refractivity contribution in [3.63, 3.8) is 0 Å². The maximum absolute atomic E-state index is 12.8. The second-order valence-corrected chi connectivity index (χ2v) is 7.42. The zero-order valence-electron chi connectivity index (χ0n) is 17.8. The largest absolute Gasteiger partial charge is 0.493 e. The summed E-state index contributed by atoms with van der Waals surface area (Å²) in [4.78, 5) is 25.4. The minimum Gasteiger partial charge on any atom is -0.493 e. The van der Waals surface area contributed by atoms with Crippen LogP contribution in [0.2, 0.25) is 0 Å². The Morgan fingerprint density at radius 2 is 1.93 bits per heavy atom. The highest BCUT2D eigenvalue weighted by molar-refractivity contribution is 6.00. The van der Waals surface area contributed by atoms with Crippen molar-refractivity contribution in [3.8, 4) is 11.5 Å². The van der Waals surface area contributed by atoms with Crippen molar-refractivity contribution in [1.82, 2.24) is 5.32 Å². The van der Waals surface area contributed by atoms with Gasteiger partial charge < -0.3 is 24.8 Å². The predicted molar refractivity (Wildman–Crippen MR) is 114 cm³/mol. The van der Waals surface area contributed by atoms with E-state index in [0.717, 1.165) is 16.7 Å². The topological polar surface area (TPSA) is 85.9 Å². The van der Waals surface area contributed by atoms with Crippen molar-refractivity contribution in [2.45, 2.75) is 26.8 Å². The lowest BCUT2D eigenvalue weighted by molar-refractivity contribution is -0.119. The summed E-state index contributed by atoms with van der Waals surface area (Å²) in [5, 5.41) is 5.80. The number of nitrogens with one attached hydrogen (secondary N) is 2. The molecule has 2 aromatic rings. The molecule has 160 valence electrons. The Balaban J connectivity index is 1.81. The van der Waals surface area contributed by atoms with Gasteiger partial charge in [-0.25, -0.2) is 0 Å². The molecule has 2 N–H and O–H groups in total. The molecule has 3 rings (SSSR count). The van der Waals surface area contributed by atoms with Crippen LogP contribution in [0, 0.1) is 19.8 Å². The van der Waals surface area contributed by atoms with Gasteiger partial charge in [-0.15, -0.1) is 0 Å². The second kappa shape index (κ2) is 9.63. The summed E-state index contributed by atoms with van der Waals surface area (Å²) in [6.07, 6.45) is 0.668. The summed E-state index contributed by atoms with van der Waals surface area (Å²) < 4.78 is 16.1. The molecule has 0 radical (unpaired) electrons. The lowest BCUT2D eigenvalue weighted by Gasteiger charge is -2.17. The Labute approximate surface area is 176 Å². The predicted octanol–water partition coefficient (Wildman–Crippen LogP) is 3.23. The lowest BCUT2D eigenvalue weighted by atomic mass is 10.1. The normalized spacial score (nSPS) is 15.5. The van der Waals surface area contributed by atoms with Gasteiger partial charge in [-0.2, -0.15) is 0 Å². The fourth-order valence-corrected chi connectivity index (χ4v) is 3.43. The average molecular weight is 412 g/mol. The van der Waals surface area contributed by atoms with E-state index in [1.807, 2.05) is 26.0 Å². The molecule has 0 bridgehead atoms. The van der Waals surface area contributed by atoms with Crippen LogP contribution in [0.15, 0.2) is 30.3 Å². The fraction of sp³-hybridized carbons (Fsp3) is 0.391. The van der Waals surface area contributed by atoms with E-state index in [-0.39, 0.29) is 17.7 Å². The number of ether oxygens (including phenoxy) is 3. The zero-order chi connectivity index (χ0) is 21.7. The van der Waals surface area contributed by atoms with E-state index in [1.165, 1.54) is 14.2 Å². The number of carbonyl (C=O) groups is 2. The number of carbonyl (C=O) groups excluding carboxylic acids is 2. The van der Waals surface area contributed by atoms with Crippen LogP contribution < -0.4 is 20.1 Å². The van der Waals surface area contributed by atoms with Crippen LogP contribution in [0.25, 0.3) is 0 Å². The maximum atomic E-state index is 12.8. The van der Waals surface area contributed by atoms with Gasteiger partial charge in [0.25, 0.3) is 5.91 Å². The van der Waals surface area contributed by atoms with E-state index in [0.29, 0.717) is 48.9 Å². The lowest BCUT2D eigenvalue weighted by Crippen LogP contribution is -2.25. The third-order valence-electron chi connectivity index (χ3n) is 5.24. The Morgan fingerprint density at radius 1 is 1.13 bits per heavy atom. The molecular weight excluding hydrogens is 384 g/mol. The summed E-state index contributed by atoms with van der Waals surface area (Å²) >= 11 is 0. The van der Waals surface area contributed by atoms with E-state index in [4.69, 9.17) is 14.2 Å². The highest BCUT2D eigenvalue weighted by Gasteiger charge is 2.25. The van der Waals surface area contributed by atoms with E-state index in [2.05, 4.69) is 16.7 Å². The van der Waals surface area contributed by atoms with Gasteiger partial charge in [0.05, 0.1) is 32.4 Å². The van der Waals surface area contributed by atoms with Crippen LogP contribution in [0.5, 0.6) is 11.5 Å². The van der Waals surface area contributed by atoms with Gasteiger partial charge in [0, 0.05) is 18.7 Å². The summed E-state index contributed by atoms with van der Waals surface area (Å²) in [7, 11) is 2.98. The number of rotatable bonds is 7. The molecule has 7 heteroatoms. The maximum Gasteiger partial charge on any atom is 0.251 e. The number of methoxy groups -OCH3 is 2. The third kappa shape index (κ3) is 4.91. The molecule has 1 saturated heterocycles. The van der Waals surface area contributed by atoms with Gasteiger partial charge in [0.2, 0.25) is 5.91 Å². The summed E-state index contributed by atoms with van der Waals surface area (Å²) in [6.45, 7) is 5.39. The van der Waals surface area contributed by atoms with Crippen molar-refractivity contribution in [2.24, 2.45) is 5.92 Å². The van der Waals surface area contributed by atoms with Crippen LogP contribution in [0.3, 0.4) is 0 Å². The Kier molecular flexibility index (Phi) is 6.95. The molecule has 0 aliphatic carbocycles. The fourth-order valence-electron chi connectivity index (χ4n) is 3.43. The van der Waals surface area contributed by atoms with Crippen LogP contribution >= 0.6 is 0 Å². The first-order valence-electron chi connectivity index (χ1n) is 9.92. The van der Waals surface area contributed by atoms with Crippen molar-refractivity contribution in [2.75, 3.05) is 32.8 Å². The third-order valence-corrected chi connectivity index (χ3v) is 5.24. The van der Waals surface area contributed by atoms with Crippen LogP contribution in [-0.4, -0.2) is 39.2 Å². The van der Waals surface area contributed by atoms with Gasteiger partial charge in [0.1, 0.15) is 0 Å². The van der Waals surface area contributed by atoms with E-state index in [1.54, 1.807) is 12.1 Å². The van der Waals surface area contributed by atoms with Crippen LogP contribution in [-0.2, 0) is 16.1 Å². The molecule has 0 spiro atoms. The quantitative estimate of drug-likeness (QED) is 0.729. The van der Waals surface area contributed by atoms with Crippen molar-refractivity contribution < 1.29 is 23.8 Å². The number of aryl methyl sites for hydroxylation is 2. The minimum absolute atomic E-state index is 0.166. The molecule has 7 nitrogen and oxygen atoms in total. The number of anilines is 1. The molecule has 1 unspecified atom stereocenters. The molecule has 1 heterocycles. The van der Waals surface area contributed by atoms with Crippen molar-refractivity contribution in [3.05, 3.63) is 52.6 Å². The molecule has 2 aromatic carbocycles. The van der Waals surface area contributed by atoms with Gasteiger partial charge in [-0.05, 0) is 43.5 Å². The van der Waals surface area contributed by atoms with Crippen molar-refractivity contribution >= 4 is 17.5 Å². The van der Waals surface area contributed by atoms with Gasteiger partial charge in [0.15, 0.2) is 11.5 Å². The molecule has 1 atom stereocenters. The number of benzene rings is 2. The number of hydrogen-bond donors (Lipinski definition) is 2. The zero-order valence-corrected chi connectivity index (χ0v) is 17.8. The molecule has 30 heavy (non-hydrogen) atoms. The highest BCUT2D eigenvalue weighted by atomic mass is 16.5. The SMILES string of the molecule is COc1cc(C(=O)NCc2cc(C)ccc2C)cc(NC(=O)C2CCOC2)c1OC. The molecule has 2 amide bonds. The molecule has 0 aromatic heterocycles. The summed E-state index contributed by atoms with van der Waals surface area (Å²) in [6, 6.07) is 9.34. The second-order valence-electron chi connectivity index (χ2n) is 7.42. The van der Waals surface area contributed by atoms with E-state index >= 15 is 0 Å². The smallest absolute Gasteiger partial charge is 0.251 e. The monoisotopic (exact) mass is 412 g/mol. The summed E-state index contributed by atoms with van der Waals surface area (Å²) in [5.74, 6) is 0.0885. The molecule has 1 fully saturated rings. The molecule has 0 saturated carbocycles. The number of amides is 2. The van der Waals surface area contributed by atoms with E-state index in [9.17, 15) is 9.59 Å². The first-order chi connectivity index (χ1) is 14.4. The average Bonchev–Trinajstić information content (AvgIpc) is 3.28. The summed E-state index contributed by atoms with van der Waals surface area (Å²) in [5.41, 5.74) is 4.07. The van der Waals surface area contributed by atoms with Crippen LogP contribution in [0.4, 0.5) is 5.69 Å². The minimum atomic E-state index is -0.267. The first-order valence-corrected chi connectivity index (χ1v) is 9.92. The van der Waals surface area contributed by atoms with Crippen LogP contribution in [0.1, 0.15) is 33.5 Å². The first kappa shape index (κ1) is 21.6. The van der Waals surface area contributed by atoms with Gasteiger partial charge >= 0.3 is 0 Å². The van der Waals surface area contributed by atoms with Gasteiger partial charge in [-0.1, -0.05) is 23.8 Å². The van der Waals surface area contributed by atoms with E-state index < -0.39 is 0 Å². The Morgan fingerprint density at radius 3 is 2.60 bits per heavy atom. The molecule has 1 aliphatic rings. The standard InChI is InChI=1S/C23H28N2O5/c1-14-5-6-15(2)18(9-14)12-24-22(26)17-10-19(21(29-4)20(11-17)28-3)25-23(27)16-7-8-30-13-16/h5-6,9-11,16H,7-8,12-13H2,1-4H3,(H,24,26)(H,25,27). The highest BCUT2D eigenvalue weighted by Crippen LogP contribution is 2.37. The van der Waals surface area contributed by atoms with Crippen molar-refractivity contribution in [1.29, 1.82) is 0 Å². The number of hydrogen-bond acceptors (Lipinski definition) is 5. The Hall–Kier alpha value is -3.06. The molecule has 1 aliphatic heterocycles.